The molecule has 0 heterocycles. The van der Waals surface area contributed by atoms with Gasteiger partial charge in [-0.1, -0.05) is 84.9 Å². The van der Waals surface area contributed by atoms with Gasteiger partial charge in [0.25, 0.3) is 0 Å². The second-order valence-corrected chi connectivity index (χ2v) is 7.16. The summed E-state index contributed by atoms with van der Waals surface area (Å²) >= 11 is 0. The zero-order valence-corrected chi connectivity index (χ0v) is 15.8. The topological polar surface area (TPSA) is 3.24 Å². The lowest BCUT2D eigenvalue weighted by Crippen LogP contribution is -2.09. The van der Waals surface area contributed by atoms with Gasteiger partial charge in [-0.3, -0.25) is 0 Å². The Balaban J connectivity index is 1.50. The molecule has 1 heteroatoms. The molecule has 0 amide bonds. The van der Waals surface area contributed by atoms with Crippen molar-refractivity contribution in [1.82, 2.24) is 0 Å². The monoisotopic (exact) mass is 359 g/mol. The number of anilines is 2. The van der Waals surface area contributed by atoms with E-state index in [1.165, 1.54) is 44.0 Å². The van der Waals surface area contributed by atoms with E-state index in [4.69, 9.17) is 0 Å². The fourth-order valence-electron chi connectivity index (χ4n) is 3.87. The predicted octanol–water partition coefficient (Wildman–Crippen LogP) is 7.43. The van der Waals surface area contributed by atoms with Crippen LogP contribution in [-0.4, -0.2) is 7.05 Å². The van der Waals surface area contributed by atoms with Gasteiger partial charge in [-0.2, -0.15) is 0 Å². The molecule has 0 spiro atoms. The molecule has 0 saturated carbocycles. The first-order chi connectivity index (χ1) is 13.8. The lowest BCUT2D eigenvalue weighted by atomic mass is 10.0. The van der Waals surface area contributed by atoms with Crippen molar-refractivity contribution < 1.29 is 0 Å². The molecule has 0 bridgehead atoms. The van der Waals surface area contributed by atoms with E-state index in [0.717, 1.165) is 0 Å². The highest BCUT2D eigenvalue weighted by atomic mass is 15.1. The average molecular weight is 359 g/mol. The van der Waals surface area contributed by atoms with Crippen molar-refractivity contribution in [2.75, 3.05) is 11.9 Å². The Morgan fingerprint density at radius 3 is 1.89 bits per heavy atom. The molecule has 0 N–H and O–H groups in total. The van der Waals surface area contributed by atoms with Crippen molar-refractivity contribution in [2.24, 2.45) is 0 Å². The van der Waals surface area contributed by atoms with Crippen LogP contribution in [0.1, 0.15) is 0 Å². The first kappa shape index (κ1) is 16.6. The van der Waals surface area contributed by atoms with E-state index in [2.05, 4.69) is 121 Å². The van der Waals surface area contributed by atoms with Gasteiger partial charge in [0.1, 0.15) is 0 Å². The Morgan fingerprint density at radius 2 is 1.07 bits per heavy atom. The van der Waals surface area contributed by atoms with Crippen LogP contribution in [0.2, 0.25) is 0 Å². The molecule has 5 aromatic rings. The van der Waals surface area contributed by atoms with Crippen LogP contribution in [0.3, 0.4) is 0 Å². The standard InChI is InChI=1S/C27H21N/c1-28(24-15-13-21(14-16-24)20-7-3-2-4-8-20)25-17-18-27-23(19-25)12-11-22-9-5-6-10-26(22)27/h2-19H,1H3. The summed E-state index contributed by atoms with van der Waals surface area (Å²) in [6.45, 7) is 0. The van der Waals surface area contributed by atoms with Crippen LogP contribution in [0, 0.1) is 0 Å². The molecule has 5 aromatic carbocycles. The molecule has 0 aliphatic rings. The van der Waals surface area contributed by atoms with E-state index in [-0.39, 0.29) is 0 Å². The van der Waals surface area contributed by atoms with Crippen LogP contribution < -0.4 is 4.90 Å². The Labute approximate surface area is 165 Å². The van der Waals surface area contributed by atoms with Crippen molar-refractivity contribution in [3.63, 3.8) is 0 Å². The van der Waals surface area contributed by atoms with E-state index in [9.17, 15) is 0 Å². The van der Waals surface area contributed by atoms with E-state index < -0.39 is 0 Å². The minimum atomic E-state index is 1.18. The van der Waals surface area contributed by atoms with Gasteiger partial charge in [0.15, 0.2) is 0 Å². The molecule has 0 aliphatic heterocycles. The van der Waals surface area contributed by atoms with Gasteiger partial charge < -0.3 is 4.90 Å². The van der Waals surface area contributed by atoms with Crippen LogP contribution in [0.4, 0.5) is 11.4 Å². The largest absolute Gasteiger partial charge is 0.345 e. The molecule has 5 rings (SSSR count). The highest BCUT2D eigenvalue weighted by molar-refractivity contribution is 6.08. The molecule has 0 saturated heterocycles. The molecule has 0 atom stereocenters. The highest BCUT2D eigenvalue weighted by Gasteiger charge is 2.07. The van der Waals surface area contributed by atoms with E-state index >= 15 is 0 Å². The molecule has 0 aliphatic carbocycles. The minimum absolute atomic E-state index is 1.18. The number of nitrogens with zero attached hydrogens (tertiary/aromatic N) is 1. The van der Waals surface area contributed by atoms with Gasteiger partial charge in [0.05, 0.1) is 0 Å². The van der Waals surface area contributed by atoms with Crippen molar-refractivity contribution in [2.45, 2.75) is 0 Å². The molecule has 0 aromatic heterocycles. The number of fused-ring (bicyclic) bond motifs is 3. The van der Waals surface area contributed by atoms with E-state index in [0.29, 0.717) is 0 Å². The van der Waals surface area contributed by atoms with Crippen LogP contribution in [0.15, 0.2) is 109 Å². The number of hydrogen-bond acceptors (Lipinski definition) is 1. The summed E-state index contributed by atoms with van der Waals surface area (Å²) in [5.74, 6) is 0. The number of hydrogen-bond donors (Lipinski definition) is 0. The van der Waals surface area contributed by atoms with Crippen LogP contribution in [-0.2, 0) is 0 Å². The van der Waals surface area contributed by atoms with E-state index in [1.807, 2.05) is 0 Å². The predicted molar refractivity (Wildman–Crippen MR) is 121 cm³/mol. The van der Waals surface area contributed by atoms with Crippen molar-refractivity contribution >= 4 is 32.9 Å². The summed E-state index contributed by atoms with van der Waals surface area (Å²) in [6, 6.07) is 39.0. The summed E-state index contributed by atoms with van der Waals surface area (Å²) in [7, 11) is 2.12. The third-order valence-corrected chi connectivity index (χ3v) is 5.48. The molecule has 0 fully saturated rings. The molecular weight excluding hydrogens is 338 g/mol. The Hall–Kier alpha value is -3.58. The van der Waals surface area contributed by atoms with Crippen molar-refractivity contribution in [3.05, 3.63) is 109 Å². The maximum absolute atomic E-state index is 2.27. The number of rotatable bonds is 3. The normalized spacial score (nSPS) is 11.0. The smallest absolute Gasteiger partial charge is 0.0414 e. The van der Waals surface area contributed by atoms with Gasteiger partial charge in [0.2, 0.25) is 0 Å². The zero-order valence-electron chi connectivity index (χ0n) is 15.8. The Bertz CT molecular complexity index is 1250. The first-order valence-electron chi connectivity index (χ1n) is 9.60. The quantitative estimate of drug-likeness (QED) is 0.303. The zero-order chi connectivity index (χ0) is 18.9. The third kappa shape index (κ3) is 2.91. The average Bonchev–Trinajstić information content (AvgIpc) is 2.79. The molecule has 1 nitrogen and oxygen atoms in total. The number of benzene rings is 5. The third-order valence-electron chi connectivity index (χ3n) is 5.48. The maximum Gasteiger partial charge on any atom is 0.0414 e. The lowest BCUT2D eigenvalue weighted by Gasteiger charge is -2.20. The van der Waals surface area contributed by atoms with Gasteiger partial charge in [-0.25, -0.2) is 0 Å². The highest BCUT2D eigenvalue weighted by Crippen LogP contribution is 2.32. The molecule has 28 heavy (non-hydrogen) atoms. The summed E-state index contributed by atoms with van der Waals surface area (Å²) in [5, 5.41) is 5.16. The van der Waals surface area contributed by atoms with Crippen molar-refractivity contribution in [3.8, 4) is 11.1 Å². The molecule has 0 unspecified atom stereocenters. The fourth-order valence-corrected chi connectivity index (χ4v) is 3.87. The first-order valence-corrected chi connectivity index (χ1v) is 9.60. The summed E-state index contributed by atoms with van der Waals surface area (Å²) in [5.41, 5.74) is 4.85. The fraction of sp³-hybridized carbons (Fsp3) is 0.0370. The van der Waals surface area contributed by atoms with Crippen LogP contribution in [0.25, 0.3) is 32.7 Å². The van der Waals surface area contributed by atoms with Gasteiger partial charge in [-0.05, 0) is 56.9 Å². The molecule has 134 valence electrons. The van der Waals surface area contributed by atoms with Crippen molar-refractivity contribution in [1.29, 1.82) is 0 Å². The molecular formula is C27H21N. The Morgan fingerprint density at radius 1 is 0.464 bits per heavy atom. The Kier molecular flexibility index (Phi) is 4.06. The van der Waals surface area contributed by atoms with E-state index in [1.54, 1.807) is 0 Å². The van der Waals surface area contributed by atoms with Gasteiger partial charge >= 0.3 is 0 Å². The maximum atomic E-state index is 2.27. The summed E-state index contributed by atoms with van der Waals surface area (Å²) < 4.78 is 0. The summed E-state index contributed by atoms with van der Waals surface area (Å²) in [4.78, 5) is 2.24. The molecule has 0 radical (unpaired) electrons. The SMILES string of the molecule is CN(c1ccc(-c2ccccc2)cc1)c1ccc2c(ccc3ccccc32)c1. The van der Waals surface area contributed by atoms with Crippen LogP contribution in [0.5, 0.6) is 0 Å². The van der Waals surface area contributed by atoms with Gasteiger partial charge in [0, 0.05) is 18.4 Å². The minimum Gasteiger partial charge on any atom is -0.345 e. The summed E-state index contributed by atoms with van der Waals surface area (Å²) in [6.07, 6.45) is 0. The lowest BCUT2D eigenvalue weighted by molar-refractivity contribution is 1.21. The van der Waals surface area contributed by atoms with Gasteiger partial charge in [-0.15, -0.1) is 0 Å². The second kappa shape index (κ2) is 6.86. The van der Waals surface area contributed by atoms with Crippen LogP contribution >= 0.6 is 0 Å². The second-order valence-electron chi connectivity index (χ2n) is 7.16.